The van der Waals surface area contributed by atoms with E-state index in [1.807, 2.05) is 0 Å². The van der Waals surface area contributed by atoms with Crippen molar-refractivity contribution in [3.05, 3.63) is 301 Å². The van der Waals surface area contributed by atoms with Crippen molar-refractivity contribution in [2.24, 2.45) is 0 Å². The van der Waals surface area contributed by atoms with Crippen molar-refractivity contribution in [1.82, 2.24) is 9.13 Å². The molecule has 6 nitrogen and oxygen atoms in total. The fraction of sp³-hybridized carbons (Fsp3) is 0.170. The van der Waals surface area contributed by atoms with Gasteiger partial charge in [0.05, 0.1) is 33.4 Å². The molecule has 2 aliphatic rings. The molecule has 2 aliphatic heterocycles. The molecule has 16 aromatic rings. The number of fused-ring (bicyclic) bond motifs is 13. The SMILES string of the molecule is CC(C)(C)c1ccc(N2c3cc(N(c4ccccc4)c4ccccc4)ccc3B3c4cc(-n5c6ccccc6c6ccccc65)ccc4N(c4cc(-c5ccccc5)cc5c4oc4c(-n6c7ccc(C(C)(C)C)cc7c7cc(C(C)(C)C)ccc76)cccc45)c4cc(C(C)(C)C)cc2c43)cc1. The zero-order valence-corrected chi connectivity index (χ0v) is 59.8. The minimum atomic E-state index is -0.284. The molecule has 0 fully saturated rings. The molecule has 0 bridgehead atoms. The van der Waals surface area contributed by atoms with Crippen LogP contribution in [0.1, 0.15) is 105 Å². The van der Waals surface area contributed by atoms with Crippen LogP contribution in [0.2, 0.25) is 0 Å². The van der Waals surface area contributed by atoms with E-state index in [2.05, 4.69) is 386 Å². The number of hydrogen-bond acceptors (Lipinski definition) is 4. The first kappa shape index (κ1) is 62.0. The van der Waals surface area contributed by atoms with E-state index in [9.17, 15) is 0 Å². The Morgan fingerprint density at radius 1 is 0.277 bits per heavy atom. The highest BCUT2D eigenvalue weighted by Gasteiger charge is 2.46. The zero-order chi connectivity index (χ0) is 69.2. The molecule has 18 rings (SSSR count). The van der Waals surface area contributed by atoms with E-state index in [0.29, 0.717) is 0 Å². The van der Waals surface area contributed by atoms with Crippen LogP contribution >= 0.6 is 0 Å². The topological polar surface area (TPSA) is 32.7 Å². The average Bonchev–Trinajstić information content (AvgIpc) is 1.19. The van der Waals surface area contributed by atoms with E-state index in [4.69, 9.17) is 4.42 Å². The highest BCUT2D eigenvalue weighted by Crippen LogP contribution is 2.52. The number of aromatic nitrogens is 2. The lowest BCUT2D eigenvalue weighted by Crippen LogP contribution is -2.61. The molecule has 492 valence electrons. The summed E-state index contributed by atoms with van der Waals surface area (Å²) in [6, 6.07) is 105. The third-order valence-corrected chi connectivity index (χ3v) is 21.7. The maximum Gasteiger partial charge on any atom is 0.252 e. The third kappa shape index (κ3) is 9.97. The monoisotopic (exact) mass is 1310 g/mol. The molecular weight excluding hydrogens is 1230 g/mol. The molecule has 0 aliphatic carbocycles. The minimum Gasteiger partial charge on any atom is -0.452 e. The number of benzene rings is 13. The van der Waals surface area contributed by atoms with Crippen molar-refractivity contribution in [2.45, 2.75) is 105 Å². The largest absolute Gasteiger partial charge is 0.452 e. The first-order valence-electron chi connectivity index (χ1n) is 35.8. The molecule has 0 radical (unpaired) electrons. The fourth-order valence-corrected chi connectivity index (χ4v) is 16.4. The van der Waals surface area contributed by atoms with Crippen LogP contribution in [0.15, 0.2) is 283 Å². The lowest BCUT2D eigenvalue weighted by Gasteiger charge is -2.45. The standard InChI is InChI=1S/C94H82BN5O/c1-91(2,3)61-39-43-67(44-40-61)97-84-58-69(96(65-29-18-14-19-30-65)66-31-20-15-21-32-66)45-47-76(84)95-77-57-68(98-78-36-24-22-33-70(78)71-34-23-25-37-79(71)98)46-50-82(77)100(86-56-64(94(10,11)12)55-85(97)88(86)95)87-52-60(59-27-16-13-17-28-59)51-75-72-35-26-38-83(89(72)101-90(75)87)99-80-48-41-62(92(4,5)6)53-73(80)74-54-63(93(7,8)9)42-49-81(74)99/h13-58H,1-12H3. The molecule has 3 aromatic heterocycles. The van der Waals surface area contributed by atoms with Gasteiger partial charge in [-0.1, -0.05) is 229 Å². The van der Waals surface area contributed by atoms with E-state index < -0.39 is 0 Å². The van der Waals surface area contributed by atoms with Gasteiger partial charge in [0.15, 0.2) is 11.2 Å². The van der Waals surface area contributed by atoms with E-state index in [1.54, 1.807) is 0 Å². The van der Waals surface area contributed by atoms with Gasteiger partial charge in [-0.15, -0.1) is 0 Å². The Kier molecular flexibility index (Phi) is 13.9. The second-order valence-corrected chi connectivity index (χ2v) is 32.2. The van der Waals surface area contributed by atoms with Crippen LogP contribution in [0, 0.1) is 0 Å². The molecular formula is C94H82BN5O. The molecule has 0 spiro atoms. The van der Waals surface area contributed by atoms with Crippen LogP contribution < -0.4 is 31.1 Å². The number of hydrogen-bond donors (Lipinski definition) is 0. The second kappa shape index (κ2) is 22.6. The quantitative estimate of drug-likeness (QED) is 0.142. The summed E-state index contributed by atoms with van der Waals surface area (Å²) in [6.45, 7) is 27.7. The molecule has 0 saturated carbocycles. The van der Waals surface area contributed by atoms with E-state index in [1.165, 1.54) is 71.2 Å². The Hall–Kier alpha value is -11.3. The molecule has 0 N–H and O–H groups in total. The lowest BCUT2D eigenvalue weighted by atomic mass is 9.33. The Balaban J connectivity index is 0.961. The fourth-order valence-electron chi connectivity index (χ4n) is 16.4. The maximum absolute atomic E-state index is 7.95. The minimum absolute atomic E-state index is 0.0445. The smallest absolute Gasteiger partial charge is 0.252 e. The molecule has 101 heavy (non-hydrogen) atoms. The number of furan rings is 1. The van der Waals surface area contributed by atoms with Gasteiger partial charge in [-0.25, -0.2) is 0 Å². The lowest BCUT2D eigenvalue weighted by molar-refractivity contribution is 0.590. The van der Waals surface area contributed by atoms with Crippen molar-refractivity contribution < 1.29 is 4.42 Å². The maximum atomic E-state index is 7.95. The van der Waals surface area contributed by atoms with Crippen LogP contribution in [0.4, 0.5) is 51.2 Å². The summed E-state index contributed by atoms with van der Waals surface area (Å²) < 4.78 is 12.9. The Morgan fingerprint density at radius 3 is 1.37 bits per heavy atom. The number of para-hydroxylation sites is 5. The van der Waals surface area contributed by atoms with Crippen LogP contribution in [-0.2, 0) is 21.7 Å². The van der Waals surface area contributed by atoms with Crippen LogP contribution in [-0.4, -0.2) is 15.8 Å². The highest BCUT2D eigenvalue weighted by atomic mass is 16.3. The predicted molar refractivity (Wildman–Crippen MR) is 431 cm³/mol. The normalized spacial score (nSPS) is 13.3. The van der Waals surface area contributed by atoms with Gasteiger partial charge in [0.25, 0.3) is 6.71 Å². The summed E-state index contributed by atoms with van der Waals surface area (Å²) in [4.78, 5) is 7.59. The van der Waals surface area contributed by atoms with Crippen LogP contribution in [0.3, 0.4) is 0 Å². The van der Waals surface area contributed by atoms with Crippen molar-refractivity contribution in [3.8, 4) is 22.5 Å². The summed E-state index contributed by atoms with van der Waals surface area (Å²) in [7, 11) is 0. The molecule has 13 aromatic carbocycles. The Labute approximate surface area is 593 Å². The molecule has 0 atom stereocenters. The summed E-state index contributed by atoms with van der Waals surface area (Å²) in [5, 5.41) is 7.04. The van der Waals surface area contributed by atoms with Crippen molar-refractivity contribution >= 4 is 140 Å². The van der Waals surface area contributed by atoms with Crippen molar-refractivity contribution in [2.75, 3.05) is 14.7 Å². The summed E-state index contributed by atoms with van der Waals surface area (Å²) in [5.41, 5.74) is 28.8. The molecule has 0 saturated heterocycles. The number of anilines is 9. The van der Waals surface area contributed by atoms with Crippen LogP contribution in [0.5, 0.6) is 0 Å². The van der Waals surface area contributed by atoms with E-state index >= 15 is 0 Å². The second-order valence-electron chi connectivity index (χ2n) is 32.2. The van der Waals surface area contributed by atoms with Crippen molar-refractivity contribution in [1.29, 1.82) is 0 Å². The predicted octanol–water partition coefficient (Wildman–Crippen LogP) is 24.2. The van der Waals surface area contributed by atoms with Crippen LogP contribution in [0.25, 0.3) is 88.1 Å². The molecule has 0 amide bonds. The summed E-state index contributed by atoms with van der Waals surface area (Å²) in [5.74, 6) is 0. The van der Waals surface area contributed by atoms with Gasteiger partial charge in [0.2, 0.25) is 0 Å². The number of rotatable bonds is 8. The van der Waals surface area contributed by atoms with E-state index in [0.717, 1.165) is 107 Å². The van der Waals surface area contributed by atoms with E-state index in [-0.39, 0.29) is 28.4 Å². The van der Waals surface area contributed by atoms with Gasteiger partial charge < -0.3 is 28.3 Å². The van der Waals surface area contributed by atoms with Gasteiger partial charge in [-0.05, 0) is 205 Å². The Morgan fingerprint density at radius 2 is 0.782 bits per heavy atom. The van der Waals surface area contributed by atoms with Gasteiger partial charge >= 0.3 is 0 Å². The summed E-state index contributed by atoms with van der Waals surface area (Å²) in [6.07, 6.45) is 0. The molecule has 7 heteroatoms. The Bertz CT molecular complexity index is 5840. The zero-order valence-electron chi connectivity index (χ0n) is 59.8. The third-order valence-electron chi connectivity index (χ3n) is 21.7. The average molecular weight is 1310 g/mol. The number of nitrogens with zero attached hydrogens (tertiary/aromatic N) is 5. The van der Waals surface area contributed by atoms with Gasteiger partial charge in [-0.3, -0.25) is 0 Å². The first-order valence-corrected chi connectivity index (χ1v) is 35.8. The van der Waals surface area contributed by atoms with Gasteiger partial charge in [0, 0.05) is 83.5 Å². The highest BCUT2D eigenvalue weighted by molar-refractivity contribution is 7.00. The summed E-state index contributed by atoms with van der Waals surface area (Å²) >= 11 is 0. The van der Waals surface area contributed by atoms with Crippen molar-refractivity contribution in [3.63, 3.8) is 0 Å². The van der Waals surface area contributed by atoms with Gasteiger partial charge in [0.1, 0.15) is 0 Å². The molecule has 0 unspecified atom stereocenters. The van der Waals surface area contributed by atoms with Gasteiger partial charge in [-0.2, -0.15) is 0 Å². The first-order chi connectivity index (χ1) is 48.6. The molecule has 5 heterocycles.